The molecular formula is C11H14N2O4. The molecule has 0 bridgehead atoms. The van der Waals surface area contributed by atoms with Crippen molar-refractivity contribution in [2.24, 2.45) is 0 Å². The highest BCUT2D eigenvalue weighted by Gasteiger charge is 2.20. The fourth-order valence-corrected chi connectivity index (χ4v) is 1.38. The maximum atomic E-state index is 11.7. The maximum absolute atomic E-state index is 11.7. The van der Waals surface area contributed by atoms with Gasteiger partial charge >= 0.3 is 5.97 Å². The van der Waals surface area contributed by atoms with Gasteiger partial charge in [-0.2, -0.15) is 0 Å². The number of carbonyl (C=O) groups excluding carboxylic acids is 1. The summed E-state index contributed by atoms with van der Waals surface area (Å²) in [5, 5.41) is 8.78. The molecule has 0 heterocycles. The van der Waals surface area contributed by atoms with Gasteiger partial charge in [0.05, 0.1) is 11.4 Å². The monoisotopic (exact) mass is 238 g/mol. The fraction of sp³-hybridized carbons (Fsp3) is 0.273. The molecule has 0 radical (unpaired) electrons. The first kappa shape index (κ1) is 13.0. The second kappa shape index (κ2) is 5.86. The largest absolute Gasteiger partial charge is 0.480 e. The second-order valence-corrected chi connectivity index (χ2v) is 3.37. The number of carbonyl (C=O) groups is 2. The molecule has 0 saturated carbocycles. The van der Waals surface area contributed by atoms with Gasteiger partial charge in [0.15, 0.2) is 0 Å². The molecule has 0 aliphatic rings. The number of amides is 1. The Balaban J connectivity index is 3.01. The van der Waals surface area contributed by atoms with Crippen LogP contribution >= 0.6 is 0 Å². The number of methoxy groups -OCH3 is 1. The maximum Gasteiger partial charge on any atom is 0.323 e. The van der Waals surface area contributed by atoms with Gasteiger partial charge in [-0.3, -0.25) is 14.5 Å². The molecule has 1 aromatic rings. The van der Waals surface area contributed by atoms with Crippen molar-refractivity contribution in [3.63, 3.8) is 0 Å². The van der Waals surface area contributed by atoms with Gasteiger partial charge in [0.25, 0.3) is 5.91 Å². The van der Waals surface area contributed by atoms with E-state index in [0.717, 1.165) is 4.90 Å². The zero-order valence-corrected chi connectivity index (χ0v) is 9.42. The average Bonchev–Trinajstić information content (AvgIpc) is 2.27. The summed E-state index contributed by atoms with van der Waals surface area (Å²) in [6, 6.07) is 6.58. The third-order valence-corrected chi connectivity index (χ3v) is 2.09. The molecule has 0 aromatic heterocycles. The summed E-state index contributed by atoms with van der Waals surface area (Å²) in [7, 11) is 1.37. The van der Waals surface area contributed by atoms with Crippen LogP contribution in [0.15, 0.2) is 24.3 Å². The Hall–Kier alpha value is -2.08. The van der Waals surface area contributed by atoms with Crippen LogP contribution in [0, 0.1) is 0 Å². The summed E-state index contributed by atoms with van der Waals surface area (Å²) in [5.74, 6) is -1.56. The van der Waals surface area contributed by atoms with Crippen molar-refractivity contribution < 1.29 is 19.4 Å². The predicted octanol–water partition coefficient (Wildman–Crippen LogP) is 0.333. The Bertz CT molecular complexity index is 420. The lowest BCUT2D eigenvalue weighted by molar-refractivity contribution is -0.137. The summed E-state index contributed by atoms with van der Waals surface area (Å²) in [4.78, 5) is 23.5. The number of nitrogen functional groups attached to an aromatic ring is 1. The molecule has 0 unspecified atom stereocenters. The van der Waals surface area contributed by atoms with E-state index in [0.29, 0.717) is 11.4 Å². The lowest BCUT2D eigenvalue weighted by Crippen LogP contribution is -2.38. The first-order chi connectivity index (χ1) is 8.06. The highest BCUT2D eigenvalue weighted by molar-refractivity contribution is 6.00. The number of nitrogens with two attached hydrogens (primary N) is 1. The molecule has 0 atom stereocenters. The van der Waals surface area contributed by atoms with Gasteiger partial charge in [0, 0.05) is 7.11 Å². The lowest BCUT2D eigenvalue weighted by atomic mass is 10.2. The van der Waals surface area contributed by atoms with Crippen LogP contribution in [0.1, 0.15) is 0 Å². The quantitative estimate of drug-likeness (QED) is 0.721. The molecule has 6 heteroatoms. The summed E-state index contributed by atoms with van der Waals surface area (Å²) < 4.78 is 4.70. The smallest absolute Gasteiger partial charge is 0.323 e. The first-order valence-corrected chi connectivity index (χ1v) is 4.92. The summed E-state index contributed by atoms with van der Waals surface area (Å²) >= 11 is 0. The highest BCUT2D eigenvalue weighted by Crippen LogP contribution is 2.22. The van der Waals surface area contributed by atoms with E-state index < -0.39 is 18.4 Å². The zero-order chi connectivity index (χ0) is 12.8. The van der Waals surface area contributed by atoms with Gasteiger partial charge in [-0.1, -0.05) is 12.1 Å². The molecule has 0 spiro atoms. The molecule has 0 fully saturated rings. The molecular weight excluding hydrogens is 224 g/mol. The van der Waals surface area contributed by atoms with Gasteiger partial charge in [-0.05, 0) is 12.1 Å². The van der Waals surface area contributed by atoms with Crippen LogP contribution in [0.3, 0.4) is 0 Å². The molecule has 0 aliphatic carbocycles. The summed E-state index contributed by atoms with van der Waals surface area (Å²) in [6.45, 7) is -0.641. The molecule has 0 aliphatic heterocycles. The van der Waals surface area contributed by atoms with E-state index in [2.05, 4.69) is 0 Å². The number of ether oxygens (including phenoxy) is 1. The molecule has 1 amide bonds. The van der Waals surface area contributed by atoms with E-state index in [-0.39, 0.29) is 6.61 Å². The third kappa shape index (κ3) is 3.46. The van der Waals surface area contributed by atoms with E-state index in [1.165, 1.54) is 7.11 Å². The summed E-state index contributed by atoms with van der Waals surface area (Å²) in [6.07, 6.45) is 0. The molecule has 1 aromatic carbocycles. The number of benzene rings is 1. The SMILES string of the molecule is COCC(=O)N(CC(=O)O)c1ccccc1N. The van der Waals surface area contributed by atoms with Gasteiger partial charge in [0.1, 0.15) is 13.2 Å². The number of carboxylic acid groups (broad SMARTS) is 1. The minimum Gasteiger partial charge on any atom is -0.480 e. The predicted molar refractivity (Wildman–Crippen MR) is 62.7 cm³/mol. The van der Waals surface area contributed by atoms with Crippen molar-refractivity contribution in [2.45, 2.75) is 0 Å². The average molecular weight is 238 g/mol. The Kier molecular flexibility index (Phi) is 4.47. The topological polar surface area (TPSA) is 92.9 Å². The van der Waals surface area contributed by atoms with Crippen molar-refractivity contribution in [3.05, 3.63) is 24.3 Å². The van der Waals surface area contributed by atoms with Crippen LogP contribution in [0.25, 0.3) is 0 Å². The number of para-hydroxylation sites is 2. The Labute approximate surface area is 98.6 Å². The number of carboxylic acids is 1. The zero-order valence-electron chi connectivity index (χ0n) is 9.42. The molecule has 17 heavy (non-hydrogen) atoms. The van der Waals surface area contributed by atoms with Crippen molar-refractivity contribution in [1.29, 1.82) is 0 Å². The number of rotatable bonds is 5. The number of hydrogen-bond donors (Lipinski definition) is 2. The molecule has 1 rings (SSSR count). The minimum atomic E-state index is -1.11. The molecule has 3 N–H and O–H groups in total. The highest BCUT2D eigenvalue weighted by atomic mass is 16.5. The number of anilines is 2. The second-order valence-electron chi connectivity index (χ2n) is 3.37. The lowest BCUT2D eigenvalue weighted by Gasteiger charge is -2.21. The van der Waals surface area contributed by atoms with Crippen LogP contribution in [0.4, 0.5) is 11.4 Å². The van der Waals surface area contributed by atoms with Crippen LogP contribution in [-0.2, 0) is 14.3 Å². The number of aliphatic carboxylic acids is 1. The van der Waals surface area contributed by atoms with Crippen LogP contribution in [0.2, 0.25) is 0 Å². The fourth-order valence-electron chi connectivity index (χ4n) is 1.38. The first-order valence-electron chi connectivity index (χ1n) is 4.92. The Morgan fingerprint density at radius 2 is 2.06 bits per heavy atom. The minimum absolute atomic E-state index is 0.193. The third-order valence-electron chi connectivity index (χ3n) is 2.09. The van der Waals surface area contributed by atoms with E-state index in [1.54, 1.807) is 24.3 Å². The van der Waals surface area contributed by atoms with E-state index in [4.69, 9.17) is 15.6 Å². The Morgan fingerprint density at radius 3 is 2.59 bits per heavy atom. The standard InChI is InChI=1S/C11H14N2O4/c1-17-7-10(14)13(6-11(15)16)9-5-3-2-4-8(9)12/h2-5H,6-7,12H2,1H3,(H,15,16). The van der Waals surface area contributed by atoms with Crippen LogP contribution in [0.5, 0.6) is 0 Å². The number of hydrogen-bond acceptors (Lipinski definition) is 4. The summed E-state index contributed by atoms with van der Waals surface area (Å²) in [5.41, 5.74) is 6.42. The normalized spacial score (nSPS) is 9.94. The van der Waals surface area contributed by atoms with Crippen molar-refractivity contribution in [3.8, 4) is 0 Å². The van der Waals surface area contributed by atoms with E-state index in [1.807, 2.05) is 0 Å². The van der Waals surface area contributed by atoms with Gasteiger partial charge < -0.3 is 15.6 Å². The van der Waals surface area contributed by atoms with Gasteiger partial charge in [-0.15, -0.1) is 0 Å². The van der Waals surface area contributed by atoms with Crippen molar-refractivity contribution in [2.75, 3.05) is 30.9 Å². The van der Waals surface area contributed by atoms with Crippen LogP contribution < -0.4 is 10.6 Å². The van der Waals surface area contributed by atoms with E-state index in [9.17, 15) is 9.59 Å². The molecule has 92 valence electrons. The molecule has 6 nitrogen and oxygen atoms in total. The van der Waals surface area contributed by atoms with Crippen molar-refractivity contribution >= 4 is 23.3 Å². The number of nitrogens with zero attached hydrogens (tertiary/aromatic N) is 1. The molecule has 0 saturated heterocycles. The van der Waals surface area contributed by atoms with E-state index >= 15 is 0 Å². The van der Waals surface area contributed by atoms with Gasteiger partial charge in [0.2, 0.25) is 0 Å². The Morgan fingerprint density at radius 1 is 1.41 bits per heavy atom. The van der Waals surface area contributed by atoms with Crippen molar-refractivity contribution in [1.82, 2.24) is 0 Å². The van der Waals surface area contributed by atoms with Gasteiger partial charge in [-0.25, -0.2) is 0 Å². The van der Waals surface area contributed by atoms with Crippen LogP contribution in [-0.4, -0.2) is 37.2 Å².